The molecule has 0 bridgehead atoms. The van der Waals surface area contributed by atoms with Crippen molar-refractivity contribution in [3.8, 4) is 23.3 Å². The SMILES string of the molecule is N#Cc1cccc(-c2nc(N)c(C(=O)O)c(O[C@H]3CCNC3=O)n2)c1. The highest BCUT2D eigenvalue weighted by molar-refractivity contribution is 5.95. The standard InChI is InChI=1S/C16H13N5O4/c17-7-8-2-1-3-9(6-8)13-20-12(18)11(16(23)24)15(21-13)25-10-4-5-19-14(10)22/h1-3,6,10H,4-5H2,(H,19,22)(H,23,24)(H2,18,20,21)/t10-/m0/s1. The fourth-order valence-electron chi connectivity index (χ4n) is 2.42. The Morgan fingerprint density at radius 3 is 2.88 bits per heavy atom. The number of aromatic carboxylic acids is 1. The quantitative estimate of drug-likeness (QED) is 0.731. The van der Waals surface area contributed by atoms with Gasteiger partial charge in [-0.3, -0.25) is 4.79 Å². The van der Waals surface area contributed by atoms with E-state index in [9.17, 15) is 14.7 Å². The molecule has 9 heteroatoms. The van der Waals surface area contributed by atoms with Gasteiger partial charge in [0.1, 0.15) is 5.82 Å². The summed E-state index contributed by atoms with van der Waals surface area (Å²) in [6.45, 7) is 0.434. The van der Waals surface area contributed by atoms with Gasteiger partial charge in [-0.2, -0.15) is 10.2 Å². The number of anilines is 1. The number of nitrogens with one attached hydrogen (secondary N) is 1. The van der Waals surface area contributed by atoms with Gasteiger partial charge >= 0.3 is 5.97 Å². The molecule has 0 aliphatic carbocycles. The Hall–Kier alpha value is -3.67. The van der Waals surface area contributed by atoms with Crippen molar-refractivity contribution < 1.29 is 19.4 Å². The van der Waals surface area contributed by atoms with E-state index < -0.39 is 17.6 Å². The van der Waals surface area contributed by atoms with Gasteiger partial charge < -0.3 is 20.9 Å². The van der Waals surface area contributed by atoms with Crippen LogP contribution in [0.25, 0.3) is 11.4 Å². The van der Waals surface area contributed by atoms with E-state index in [1.807, 2.05) is 6.07 Å². The summed E-state index contributed by atoms with van der Waals surface area (Å²) in [4.78, 5) is 31.3. The first kappa shape index (κ1) is 16.2. The number of carboxylic acid groups (broad SMARTS) is 1. The van der Waals surface area contributed by atoms with E-state index in [2.05, 4.69) is 15.3 Å². The lowest BCUT2D eigenvalue weighted by Crippen LogP contribution is -2.29. The smallest absolute Gasteiger partial charge is 0.345 e. The Morgan fingerprint density at radius 1 is 1.44 bits per heavy atom. The number of aromatic nitrogens is 2. The number of carbonyl (C=O) groups excluding carboxylic acids is 1. The van der Waals surface area contributed by atoms with Crippen LogP contribution in [0.4, 0.5) is 5.82 Å². The Bertz CT molecular complexity index is 906. The first-order valence-corrected chi connectivity index (χ1v) is 7.35. The van der Waals surface area contributed by atoms with Crippen LogP contribution < -0.4 is 15.8 Å². The van der Waals surface area contributed by atoms with Crippen molar-refractivity contribution in [2.75, 3.05) is 12.3 Å². The van der Waals surface area contributed by atoms with Gasteiger partial charge in [0.05, 0.1) is 11.6 Å². The molecule has 1 amide bonds. The summed E-state index contributed by atoms with van der Waals surface area (Å²) < 4.78 is 5.49. The van der Waals surface area contributed by atoms with E-state index in [0.29, 0.717) is 24.1 Å². The molecular weight excluding hydrogens is 326 g/mol. The summed E-state index contributed by atoms with van der Waals surface area (Å²) in [5.41, 5.74) is 6.22. The maximum Gasteiger partial charge on any atom is 0.345 e. The van der Waals surface area contributed by atoms with Crippen LogP contribution >= 0.6 is 0 Å². The van der Waals surface area contributed by atoms with E-state index in [1.165, 1.54) is 0 Å². The van der Waals surface area contributed by atoms with Gasteiger partial charge in [0.25, 0.3) is 5.91 Å². The number of hydrogen-bond acceptors (Lipinski definition) is 7. The largest absolute Gasteiger partial charge is 0.477 e. The van der Waals surface area contributed by atoms with Crippen LogP contribution in [0.2, 0.25) is 0 Å². The predicted octanol–water partition coefficient (Wildman–Crippen LogP) is 0.563. The van der Waals surface area contributed by atoms with Gasteiger partial charge in [-0.1, -0.05) is 12.1 Å². The second-order valence-electron chi connectivity index (χ2n) is 5.30. The summed E-state index contributed by atoms with van der Waals surface area (Å²) in [6, 6.07) is 8.45. The zero-order chi connectivity index (χ0) is 18.0. The maximum atomic E-state index is 11.7. The second kappa shape index (κ2) is 6.45. The fraction of sp³-hybridized carbons (Fsp3) is 0.188. The lowest BCUT2D eigenvalue weighted by molar-refractivity contribution is -0.125. The molecular formula is C16H13N5O4. The second-order valence-corrected chi connectivity index (χ2v) is 5.30. The number of carbonyl (C=O) groups is 2. The van der Waals surface area contributed by atoms with E-state index in [4.69, 9.17) is 15.7 Å². The van der Waals surface area contributed by atoms with Crippen molar-refractivity contribution in [1.29, 1.82) is 5.26 Å². The van der Waals surface area contributed by atoms with Crippen LogP contribution in [0.3, 0.4) is 0 Å². The number of rotatable bonds is 4. The average Bonchev–Trinajstić information content (AvgIpc) is 2.99. The zero-order valence-corrected chi connectivity index (χ0v) is 12.9. The molecule has 0 saturated carbocycles. The molecule has 25 heavy (non-hydrogen) atoms. The molecule has 1 aliphatic rings. The molecule has 0 spiro atoms. The van der Waals surface area contributed by atoms with E-state index in [1.54, 1.807) is 24.3 Å². The van der Waals surface area contributed by atoms with Gasteiger partial charge in [-0.15, -0.1) is 0 Å². The van der Waals surface area contributed by atoms with Gasteiger partial charge in [-0.25, -0.2) is 9.78 Å². The number of benzene rings is 1. The molecule has 4 N–H and O–H groups in total. The van der Waals surface area contributed by atoms with Crippen LogP contribution in [-0.2, 0) is 4.79 Å². The predicted molar refractivity (Wildman–Crippen MR) is 85.6 cm³/mol. The highest BCUT2D eigenvalue weighted by Gasteiger charge is 2.30. The third-order valence-corrected chi connectivity index (χ3v) is 3.62. The fourth-order valence-corrected chi connectivity index (χ4v) is 2.42. The number of nitrogens with two attached hydrogens (primary N) is 1. The van der Waals surface area contributed by atoms with Gasteiger partial charge in [-0.05, 0) is 12.1 Å². The third kappa shape index (κ3) is 3.18. The summed E-state index contributed by atoms with van der Waals surface area (Å²) >= 11 is 0. The van der Waals surface area contributed by atoms with Crippen molar-refractivity contribution in [2.24, 2.45) is 0 Å². The molecule has 9 nitrogen and oxygen atoms in total. The van der Waals surface area contributed by atoms with Crippen molar-refractivity contribution in [2.45, 2.75) is 12.5 Å². The van der Waals surface area contributed by atoms with Crippen LogP contribution in [0.1, 0.15) is 22.3 Å². The Balaban J connectivity index is 2.08. The van der Waals surface area contributed by atoms with Crippen molar-refractivity contribution in [3.05, 3.63) is 35.4 Å². The van der Waals surface area contributed by atoms with Crippen LogP contribution in [0, 0.1) is 11.3 Å². The zero-order valence-electron chi connectivity index (χ0n) is 12.9. The molecule has 1 fully saturated rings. The maximum absolute atomic E-state index is 11.7. The van der Waals surface area contributed by atoms with Gasteiger partial charge in [0.15, 0.2) is 17.5 Å². The molecule has 2 aromatic rings. The molecule has 0 unspecified atom stereocenters. The number of amides is 1. The summed E-state index contributed by atoms with van der Waals surface area (Å²) in [6.07, 6.45) is -0.452. The number of carboxylic acids is 1. The monoisotopic (exact) mass is 339 g/mol. The van der Waals surface area contributed by atoms with Crippen LogP contribution in [0.5, 0.6) is 5.88 Å². The van der Waals surface area contributed by atoms with Gasteiger partial charge in [0.2, 0.25) is 5.88 Å². The van der Waals surface area contributed by atoms with Crippen molar-refractivity contribution in [3.63, 3.8) is 0 Å². The molecule has 2 heterocycles. The van der Waals surface area contributed by atoms with Crippen molar-refractivity contribution in [1.82, 2.24) is 15.3 Å². The van der Waals surface area contributed by atoms with E-state index in [0.717, 1.165) is 0 Å². The minimum absolute atomic E-state index is 0.105. The number of nitrogen functional groups attached to an aromatic ring is 1. The Morgan fingerprint density at radius 2 is 2.24 bits per heavy atom. The summed E-state index contributed by atoms with van der Waals surface area (Å²) in [5.74, 6) is -2.16. The minimum atomic E-state index is -1.36. The third-order valence-electron chi connectivity index (χ3n) is 3.62. The lowest BCUT2D eigenvalue weighted by Gasteiger charge is -2.14. The number of nitrogens with zero attached hydrogens (tertiary/aromatic N) is 3. The number of ether oxygens (including phenoxy) is 1. The van der Waals surface area contributed by atoms with Crippen molar-refractivity contribution >= 4 is 17.7 Å². The molecule has 126 valence electrons. The molecule has 1 atom stereocenters. The molecule has 1 aliphatic heterocycles. The molecule has 1 saturated heterocycles. The Labute approximate surface area is 142 Å². The first-order chi connectivity index (χ1) is 12.0. The topological polar surface area (TPSA) is 151 Å². The van der Waals surface area contributed by atoms with Gasteiger partial charge in [0, 0.05) is 18.5 Å². The summed E-state index contributed by atoms with van der Waals surface area (Å²) in [5, 5.41) is 20.9. The van der Waals surface area contributed by atoms with Crippen LogP contribution in [0.15, 0.2) is 24.3 Å². The molecule has 1 aromatic heterocycles. The number of nitriles is 1. The highest BCUT2D eigenvalue weighted by Crippen LogP contribution is 2.27. The molecule has 3 rings (SSSR count). The normalized spacial score (nSPS) is 16.1. The number of hydrogen-bond donors (Lipinski definition) is 3. The lowest BCUT2D eigenvalue weighted by atomic mass is 10.1. The minimum Gasteiger partial charge on any atom is -0.477 e. The summed E-state index contributed by atoms with van der Waals surface area (Å²) in [7, 11) is 0. The average molecular weight is 339 g/mol. The van der Waals surface area contributed by atoms with E-state index >= 15 is 0 Å². The molecule has 0 radical (unpaired) electrons. The molecule has 1 aromatic carbocycles. The Kier molecular flexibility index (Phi) is 4.18. The first-order valence-electron chi connectivity index (χ1n) is 7.35. The van der Waals surface area contributed by atoms with Crippen LogP contribution in [-0.4, -0.2) is 39.6 Å². The highest BCUT2D eigenvalue weighted by atomic mass is 16.5. The van der Waals surface area contributed by atoms with E-state index in [-0.39, 0.29) is 23.4 Å².